The number of carbonyl (C=O) groups excluding carboxylic acids is 1. The summed E-state index contributed by atoms with van der Waals surface area (Å²) in [4.78, 5) is 16.1. The molecule has 2 heterocycles. The summed E-state index contributed by atoms with van der Waals surface area (Å²) in [5.41, 5.74) is 0.515. The van der Waals surface area contributed by atoms with Crippen LogP contribution in [0.25, 0.3) is 11.4 Å². The van der Waals surface area contributed by atoms with Crippen LogP contribution in [-0.2, 0) is 4.79 Å². The van der Waals surface area contributed by atoms with Gasteiger partial charge in [-0.1, -0.05) is 22.4 Å². The van der Waals surface area contributed by atoms with Gasteiger partial charge in [0.25, 0.3) is 0 Å². The van der Waals surface area contributed by atoms with Crippen LogP contribution in [0.4, 0.5) is 10.2 Å². The third kappa shape index (κ3) is 4.27. The number of anilines is 1. The fraction of sp³-hybridized carbons (Fsp3) is 0.250. The minimum absolute atomic E-state index is 0.0186. The Balaban J connectivity index is 1.56. The molecule has 8 nitrogen and oxygen atoms in total. The first-order valence-electron chi connectivity index (χ1n) is 7.57. The molecule has 0 saturated heterocycles. The maximum Gasteiger partial charge on any atom is 0.243 e. The average Bonchev–Trinajstić information content (AvgIpc) is 3.22. The van der Waals surface area contributed by atoms with E-state index in [1.54, 1.807) is 32.0 Å². The highest BCUT2D eigenvalue weighted by Crippen LogP contribution is 2.19. The normalized spacial score (nSPS) is 12.1. The number of halogens is 1. The van der Waals surface area contributed by atoms with Gasteiger partial charge < -0.3 is 14.4 Å². The minimum atomic E-state index is -0.380. The van der Waals surface area contributed by atoms with Crippen LogP contribution < -0.4 is 10.6 Å². The molecule has 0 bridgehead atoms. The smallest absolute Gasteiger partial charge is 0.243 e. The molecule has 3 aromatic rings. The van der Waals surface area contributed by atoms with Gasteiger partial charge in [-0.25, -0.2) is 4.39 Å². The lowest BCUT2D eigenvalue weighted by Gasteiger charge is -2.08. The lowest BCUT2D eigenvalue weighted by Crippen LogP contribution is -2.30. The maximum absolute atomic E-state index is 13.3. The van der Waals surface area contributed by atoms with Crippen LogP contribution in [0, 0.1) is 12.7 Å². The number of hydrogen-bond acceptors (Lipinski definition) is 7. The number of nitrogens with one attached hydrogen (secondary N) is 2. The van der Waals surface area contributed by atoms with Gasteiger partial charge >= 0.3 is 0 Å². The molecule has 0 radical (unpaired) electrons. The average molecular weight is 345 g/mol. The summed E-state index contributed by atoms with van der Waals surface area (Å²) in [6, 6.07) is 7.16. The van der Waals surface area contributed by atoms with Gasteiger partial charge in [-0.05, 0) is 26.0 Å². The first kappa shape index (κ1) is 16.8. The third-order valence-electron chi connectivity index (χ3n) is 3.36. The molecule has 0 spiro atoms. The molecule has 2 N–H and O–H groups in total. The summed E-state index contributed by atoms with van der Waals surface area (Å²) in [7, 11) is 0. The van der Waals surface area contributed by atoms with E-state index in [1.807, 2.05) is 0 Å². The van der Waals surface area contributed by atoms with E-state index in [0.717, 1.165) is 0 Å². The van der Waals surface area contributed by atoms with Crippen molar-refractivity contribution in [1.29, 1.82) is 0 Å². The van der Waals surface area contributed by atoms with Crippen LogP contribution >= 0.6 is 0 Å². The molecule has 0 aliphatic carbocycles. The van der Waals surface area contributed by atoms with E-state index in [9.17, 15) is 9.18 Å². The summed E-state index contributed by atoms with van der Waals surface area (Å²) in [5, 5.41) is 13.1. The highest BCUT2D eigenvalue weighted by atomic mass is 19.1. The zero-order chi connectivity index (χ0) is 17.8. The molecule has 3 rings (SSSR count). The molecule has 1 amide bonds. The molecule has 0 aliphatic heterocycles. The van der Waals surface area contributed by atoms with Crippen molar-refractivity contribution in [2.24, 2.45) is 0 Å². The largest absolute Gasteiger partial charge is 0.360 e. The summed E-state index contributed by atoms with van der Waals surface area (Å²) >= 11 is 0. The predicted molar refractivity (Wildman–Crippen MR) is 86.0 cm³/mol. The second kappa shape index (κ2) is 7.22. The van der Waals surface area contributed by atoms with Crippen molar-refractivity contribution in [2.75, 3.05) is 11.9 Å². The van der Waals surface area contributed by atoms with Gasteiger partial charge in [0.15, 0.2) is 5.82 Å². The molecular formula is C16H16FN5O3. The lowest BCUT2D eigenvalue weighted by atomic mass is 10.2. The van der Waals surface area contributed by atoms with Crippen molar-refractivity contribution in [2.45, 2.75) is 19.9 Å². The van der Waals surface area contributed by atoms with Gasteiger partial charge in [0.2, 0.25) is 17.6 Å². The van der Waals surface area contributed by atoms with Gasteiger partial charge in [0.05, 0.1) is 12.6 Å². The Kier molecular flexibility index (Phi) is 4.85. The Morgan fingerprint density at radius 2 is 2.12 bits per heavy atom. The number of aromatic nitrogens is 3. The van der Waals surface area contributed by atoms with Crippen LogP contribution in [0.1, 0.15) is 24.6 Å². The monoisotopic (exact) mass is 345 g/mol. The molecule has 2 aromatic heterocycles. The first-order chi connectivity index (χ1) is 12.0. The van der Waals surface area contributed by atoms with Crippen LogP contribution in [0.2, 0.25) is 0 Å². The fourth-order valence-electron chi connectivity index (χ4n) is 2.10. The molecule has 0 fully saturated rings. The Bertz CT molecular complexity index is 876. The zero-order valence-corrected chi connectivity index (χ0v) is 13.6. The Hall–Kier alpha value is -3.07. The second-order valence-electron chi connectivity index (χ2n) is 5.44. The number of benzene rings is 1. The first-order valence-corrected chi connectivity index (χ1v) is 7.57. The molecule has 0 aliphatic rings. The Morgan fingerprint density at radius 3 is 2.84 bits per heavy atom. The van der Waals surface area contributed by atoms with Gasteiger partial charge in [0.1, 0.15) is 11.6 Å². The van der Waals surface area contributed by atoms with Crippen LogP contribution in [-0.4, -0.2) is 27.7 Å². The van der Waals surface area contributed by atoms with Crippen molar-refractivity contribution in [1.82, 2.24) is 20.6 Å². The number of carbonyl (C=O) groups is 1. The molecule has 9 heteroatoms. The van der Waals surface area contributed by atoms with Crippen molar-refractivity contribution in [3.63, 3.8) is 0 Å². The second-order valence-corrected chi connectivity index (χ2v) is 5.44. The Morgan fingerprint density at radius 1 is 1.28 bits per heavy atom. The number of rotatable bonds is 6. The van der Waals surface area contributed by atoms with Crippen LogP contribution in [0.5, 0.6) is 0 Å². The molecule has 1 aromatic carbocycles. The van der Waals surface area contributed by atoms with Gasteiger partial charge in [-0.3, -0.25) is 10.1 Å². The summed E-state index contributed by atoms with van der Waals surface area (Å²) in [6.45, 7) is 3.52. The number of amides is 1. The van der Waals surface area contributed by atoms with Crippen molar-refractivity contribution >= 4 is 11.7 Å². The summed E-state index contributed by atoms with van der Waals surface area (Å²) in [6.07, 6.45) is 0. The van der Waals surface area contributed by atoms with Gasteiger partial charge in [0, 0.05) is 11.6 Å². The fourth-order valence-corrected chi connectivity index (χ4v) is 2.10. The number of hydrogen-bond donors (Lipinski definition) is 2. The third-order valence-corrected chi connectivity index (χ3v) is 3.36. The zero-order valence-electron chi connectivity index (χ0n) is 13.6. The predicted octanol–water partition coefficient (Wildman–Crippen LogP) is 2.46. The van der Waals surface area contributed by atoms with Gasteiger partial charge in [-0.2, -0.15) is 4.98 Å². The lowest BCUT2D eigenvalue weighted by molar-refractivity contribution is -0.115. The number of nitrogens with zero attached hydrogens (tertiary/aromatic N) is 3. The van der Waals surface area contributed by atoms with E-state index in [0.29, 0.717) is 23.0 Å². The van der Waals surface area contributed by atoms with Crippen LogP contribution in [0.15, 0.2) is 39.4 Å². The van der Waals surface area contributed by atoms with E-state index in [2.05, 4.69) is 25.9 Å². The molecule has 25 heavy (non-hydrogen) atoms. The van der Waals surface area contributed by atoms with E-state index >= 15 is 0 Å². The minimum Gasteiger partial charge on any atom is -0.360 e. The summed E-state index contributed by atoms with van der Waals surface area (Å²) < 4.78 is 23.3. The van der Waals surface area contributed by atoms with E-state index in [-0.39, 0.29) is 30.1 Å². The molecule has 130 valence electrons. The van der Waals surface area contributed by atoms with Gasteiger partial charge in [-0.15, -0.1) is 0 Å². The summed E-state index contributed by atoms with van der Waals surface area (Å²) in [5.74, 6) is 0.866. The van der Waals surface area contributed by atoms with Crippen LogP contribution in [0.3, 0.4) is 0 Å². The molecule has 1 unspecified atom stereocenters. The molecular weight excluding hydrogens is 329 g/mol. The van der Waals surface area contributed by atoms with Crippen molar-refractivity contribution in [3.05, 3.63) is 47.8 Å². The van der Waals surface area contributed by atoms with E-state index in [4.69, 9.17) is 9.05 Å². The quantitative estimate of drug-likeness (QED) is 0.707. The maximum atomic E-state index is 13.3. The van der Waals surface area contributed by atoms with E-state index < -0.39 is 0 Å². The highest BCUT2D eigenvalue weighted by Gasteiger charge is 2.16. The number of aryl methyl sites for hydroxylation is 1. The highest BCUT2D eigenvalue weighted by molar-refractivity contribution is 5.91. The molecule has 0 saturated carbocycles. The SMILES string of the molecule is Cc1cc(NC(=O)CNC(C)c2nc(-c3cccc(F)c3)no2)no1. The molecule has 1 atom stereocenters. The van der Waals surface area contributed by atoms with Crippen molar-refractivity contribution < 1.29 is 18.2 Å². The Labute approximate surface area is 142 Å². The van der Waals surface area contributed by atoms with Crippen molar-refractivity contribution in [3.8, 4) is 11.4 Å². The topological polar surface area (TPSA) is 106 Å². The van der Waals surface area contributed by atoms with E-state index in [1.165, 1.54) is 12.1 Å². The standard InChI is InChI=1S/C16H16FN5O3/c1-9-6-13(21-24-9)19-14(23)8-18-10(2)16-20-15(22-25-16)11-4-3-5-12(17)7-11/h3-7,10,18H,8H2,1-2H3,(H,19,21,23).